The van der Waals surface area contributed by atoms with Crippen molar-refractivity contribution in [2.75, 3.05) is 6.54 Å². The van der Waals surface area contributed by atoms with E-state index < -0.39 is 0 Å². The topological polar surface area (TPSA) is 69.1 Å². The number of hydrogen-bond donors (Lipinski definition) is 1. The summed E-state index contributed by atoms with van der Waals surface area (Å²) in [5.41, 5.74) is 8.69. The third-order valence-electron chi connectivity index (χ3n) is 3.30. The van der Waals surface area contributed by atoms with Crippen LogP contribution in [0.2, 0.25) is 0 Å². The van der Waals surface area contributed by atoms with Crippen molar-refractivity contribution in [1.29, 1.82) is 0 Å². The average Bonchev–Trinajstić information content (AvgIpc) is 2.78. The Morgan fingerprint density at radius 1 is 1.22 bits per heavy atom. The molecule has 2 N–H and O–H groups in total. The minimum absolute atomic E-state index is 0.765. The van der Waals surface area contributed by atoms with Gasteiger partial charge in [-0.3, -0.25) is 4.40 Å². The maximum absolute atomic E-state index is 5.49. The summed E-state index contributed by atoms with van der Waals surface area (Å²) in [6.07, 6.45) is 7.04. The maximum atomic E-state index is 5.49. The van der Waals surface area contributed by atoms with E-state index in [1.165, 1.54) is 5.56 Å². The summed E-state index contributed by atoms with van der Waals surface area (Å²) in [5.74, 6) is 1.00. The van der Waals surface area contributed by atoms with E-state index in [1.807, 2.05) is 17.7 Å². The van der Waals surface area contributed by atoms with Crippen LogP contribution in [0.15, 0.2) is 6.33 Å². The first-order chi connectivity index (χ1) is 8.77. The molecule has 0 unspecified atom stereocenters. The summed E-state index contributed by atoms with van der Waals surface area (Å²) < 4.78 is 2.02. The Balaban J connectivity index is 2.20. The molecular weight excluding hydrogens is 226 g/mol. The first-order valence-corrected chi connectivity index (χ1v) is 6.66. The quantitative estimate of drug-likeness (QED) is 0.788. The van der Waals surface area contributed by atoms with Crippen LogP contribution in [0.3, 0.4) is 0 Å². The zero-order valence-corrected chi connectivity index (χ0v) is 11.2. The normalized spacial score (nSPS) is 11.3. The Kier molecular flexibility index (Phi) is 4.25. The number of fused-ring (bicyclic) bond motifs is 1. The summed E-state index contributed by atoms with van der Waals surface area (Å²) in [5, 5.41) is 8.58. The molecule has 0 spiro atoms. The van der Waals surface area contributed by atoms with Gasteiger partial charge in [-0.2, -0.15) is 0 Å². The smallest absolute Gasteiger partial charge is 0.167 e. The van der Waals surface area contributed by atoms with Crippen LogP contribution >= 0.6 is 0 Å². The largest absolute Gasteiger partial charge is 0.330 e. The lowest BCUT2D eigenvalue weighted by Gasteiger charge is -2.04. The molecule has 18 heavy (non-hydrogen) atoms. The molecule has 0 aliphatic heterocycles. The van der Waals surface area contributed by atoms with E-state index in [9.17, 15) is 0 Å². The molecule has 0 saturated carbocycles. The maximum Gasteiger partial charge on any atom is 0.167 e. The highest BCUT2D eigenvalue weighted by Crippen LogP contribution is 2.14. The Hall–Kier alpha value is -1.49. The van der Waals surface area contributed by atoms with E-state index in [2.05, 4.69) is 22.1 Å². The molecule has 0 aromatic carbocycles. The van der Waals surface area contributed by atoms with Crippen LogP contribution in [0, 0.1) is 6.92 Å². The Morgan fingerprint density at radius 3 is 2.78 bits per heavy atom. The molecule has 0 amide bonds. The van der Waals surface area contributed by atoms with Gasteiger partial charge in [-0.1, -0.05) is 13.3 Å². The molecule has 0 radical (unpaired) electrons. The molecule has 5 nitrogen and oxygen atoms in total. The molecule has 0 fully saturated rings. The first-order valence-electron chi connectivity index (χ1n) is 6.66. The lowest BCUT2D eigenvalue weighted by Crippen LogP contribution is -2.02. The molecule has 0 bridgehead atoms. The molecule has 2 rings (SSSR count). The Bertz CT molecular complexity index is 517. The van der Waals surface area contributed by atoms with Gasteiger partial charge in [0.2, 0.25) is 0 Å². The van der Waals surface area contributed by atoms with Gasteiger partial charge < -0.3 is 5.73 Å². The fraction of sp³-hybridized carbons (Fsp3) is 0.615. The number of aromatic nitrogens is 4. The minimum atomic E-state index is 0.765. The first kappa shape index (κ1) is 13.0. The second kappa shape index (κ2) is 5.91. The number of rotatable bonds is 6. The molecule has 5 heteroatoms. The predicted octanol–water partition coefficient (Wildman–Crippen LogP) is 1.67. The van der Waals surface area contributed by atoms with Gasteiger partial charge in [0.25, 0.3) is 0 Å². The summed E-state index contributed by atoms with van der Waals surface area (Å²) in [4.78, 5) is 4.42. The number of nitrogens with zero attached hydrogens (tertiary/aromatic N) is 4. The van der Waals surface area contributed by atoms with Gasteiger partial charge in [-0.15, -0.1) is 10.2 Å². The van der Waals surface area contributed by atoms with Crippen LogP contribution in [-0.4, -0.2) is 26.1 Å². The molecule has 0 atom stereocenters. The highest BCUT2D eigenvalue weighted by atomic mass is 15.3. The van der Waals surface area contributed by atoms with Crippen LogP contribution < -0.4 is 5.73 Å². The van der Waals surface area contributed by atoms with Crippen molar-refractivity contribution in [3.05, 3.63) is 23.4 Å². The van der Waals surface area contributed by atoms with Crippen LogP contribution in [0.4, 0.5) is 0 Å². The molecular formula is C13H21N5. The van der Waals surface area contributed by atoms with Gasteiger partial charge in [-0.25, -0.2) is 4.98 Å². The molecule has 0 saturated heterocycles. The predicted molar refractivity (Wildman–Crippen MR) is 71.5 cm³/mol. The Morgan fingerprint density at radius 2 is 2.06 bits per heavy atom. The third-order valence-corrected chi connectivity index (χ3v) is 3.30. The lowest BCUT2D eigenvalue weighted by atomic mass is 10.1. The molecule has 98 valence electrons. The monoisotopic (exact) mass is 247 g/mol. The third kappa shape index (κ3) is 2.51. The highest BCUT2D eigenvalue weighted by molar-refractivity contribution is 5.48. The van der Waals surface area contributed by atoms with Crippen LogP contribution in [0.5, 0.6) is 0 Å². The number of unbranched alkanes of at least 4 members (excludes halogenated alkanes) is 2. The fourth-order valence-corrected chi connectivity index (χ4v) is 2.22. The molecule has 0 aliphatic carbocycles. The van der Waals surface area contributed by atoms with Crippen molar-refractivity contribution in [2.45, 2.75) is 46.0 Å². The molecule has 2 heterocycles. The van der Waals surface area contributed by atoms with Gasteiger partial charge in [0.1, 0.15) is 12.2 Å². The second-order valence-corrected chi connectivity index (χ2v) is 4.57. The van der Waals surface area contributed by atoms with Crippen molar-refractivity contribution in [3.63, 3.8) is 0 Å². The molecule has 2 aromatic heterocycles. The zero-order valence-electron chi connectivity index (χ0n) is 11.2. The lowest BCUT2D eigenvalue weighted by molar-refractivity contribution is 0.664. The molecule has 2 aromatic rings. The standard InChI is InChI=1S/C13H21N5/c1-3-11-10(2)15-9-18-12(16-17-13(11)18)7-5-4-6-8-14/h9H,3-8,14H2,1-2H3. The summed E-state index contributed by atoms with van der Waals surface area (Å²) in [7, 11) is 0. The summed E-state index contributed by atoms with van der Waals surface area (Å²) >= 11 is 0. The van der Waals surface area contributed by atoms with Crippen LogP contribution in [0.1, 0.15) is 43.3 Å². The van der Waals surface area contributed by atoms with Crippen molar-refractivity contribution in [3.8, 4) is 0 Å². The van der Waals surface area contributed by atoms with E-state index in [1.54, 1.807) is 0 Å². The second-order valence-electron chi connectivity index (χ2n) is 4.57. The Labute approximate surface area is 107 Å². The summed E-state index contributed by atoms with van der Waals surface area (Å²) in [6, 6.07) is 0. The number of hydrogen-bond acceptors (Lipinski definition) is 4. The van der Waals surface area contributed by atoms with Gasteiger partial charge in [0, 0.05) is 17.7 Å². The fourth-order valence-electron chi connectivity index (χ4n) is 2.22. The van der Waals surface area contributed by atoms with E-state index in [0.717, 1.165) is 55.8 Å². The average molecular weight is 247 g/mol. The molecule has 0 aliphatic rings. The van der Waals surface area contributed by atoms with Gasteiger partial charge >= 0.3 is 0 Å². The van der Waals surface area contributed by atoms with E-state index in [-0.39, 0.29) is 0 Å². The van der Waals surface area contributed by atoms with E-state index in [0.29, 0.717) is 0 Å². The number of nitrogens with two attached hydrogens (primary N) is 1. The van der Waals surface area contributed by atoms with Crippen molar-refractivity contribution >= 4 is 5.65 Å². The highest BCUT2D eigenvalue weighted by Gasteiger charge is 2.10. The van der Waals surface area contributed by atoms with Gasteiger partial charge in [0.15, 0.2) is 5.65 Å². The van der Waals surface area contributed by atoms with E-state index >= 15 is 0 Å². The minimum Gasteiger partial charge on any atom is -0.330 e. The summed E-state index contributed by atoms with van der Waals surface area (Å²) in [6.45, 7) is 4.91. The van der Waals surface area contributed by atoms with Gasteiger partial charge in [-0.05, 0) is 32.7 Å². The SMILES string of the molecule is CCc1c(C)ncn2c(CCCCCN)nnc12. The van der Waals surface area contributed by atoms with Crippen LogP contribution in [-0.2, 0) is 12.8 Å². The number of aryl methyl sites for hydroxylation is 3. The zero-order chi connectivity index (χ0) is 13.0. The van der Waals surface area contributed by atoms with Crippen molar-refractivity contribution in [2.24, 2.45) is 5.73 Å². The van der Waals surface area contributed by atoms with Gasteiger partial charge in [0.05, 0.1) is 0 Å². The van der Waals surface area contributed by atoms with Crippen molar-refractivity contribution < 1.29 is 0 Å². The van der Waals surface area contributed by atoms with Crippen molar-refractivity contribution in [1.82, 2.24) is 19.6 Å². The van der Waals surface area contributed by atoms with Crippen LogP contribution in [0.25, 0.3) is 5.65 Å². The van der Waals surface area contributed by atoms with E-state index in [4.69, 9.17) is 5.73 Å².